The minimum absolute atomic E-state index is 0.352. The Morgan fingerprint density at radius 2 is 1.93 bits per heavy atom. The van der Waals surface area contributed by atoms with Gasteiger partial charge in [-0.1, -0.05) is 20.8 Å². The molecule has 0 fully saturated rings. The summed E-state index contributed by atoms with van der Waals surface area (Å²) in [5.74, 6) is 0. The molecule has 0 spiro atoms. The van der Waals surface area contributed by atoms with Gasteiger partial charge in [-0.3, -0.25) is 0 Å². The number of thiophene rings is 1. The molecule has 0 saturated heterocycles. The lowest BCUT2D eigenvalue weighted by Crippen LogP contribution is -2.19. The van der Waals surface area contributed by atoms with E-state index in [4.69, 9.17) is 5.73 Å². The zero-order valence-electron chi connectivity index (χ0n) is 9.47. The Bertz CT molecular complexity index is 276. The Hall–Kier alpha value is -0.340. The van der Waals surface area contributed by atoms with E-state index < -0.39 is 0 Å². The molecule has 0 aliphatic heterocycles. The topological polar surface area (TPSA) is 26.0 Å². The lowest BCUT2D eigenvalue weighted by atomic mass is 9.85. The minimum atomic E-state index is 0.352. The molecule has 1 nitrogen and oxygen atoms in total. The molecule has 1 aromatic rings. The smallest absolute Gasteiger partial charge is 0.00534 e. The van der Waals surface area contributed by atoms with Crippen molar-refractivity contribution in [2.24, 2.45) is 11.1 Å². The molecule has 0 saturated carbocycles. The molecular weight excluding hydrogens is 190 g/mol. The summed E-state index contributed by atoms with van der Waals surface area (Å²) >= 11 is 1.94. The molecular formula is C12H21NS. The quantitative estimate of drug-likeness (QED) is 0.795. The summed E-state index contributed by atoms with van der Waals surface area (Å²) in [4.78, 5) is 2.99. The Morgan fingerprint density at radius 3 is 2.43 bits per heavy atom. The van der Waals surface area contributed by atoms with Gasteiger partial charge in [-0.05, 0) is 43.4 Å². The van der Waals surface area contributed by atoms with Crippen molar-refractivity contribution in [3.8, 4) is 0 Å². The summed E-state index contributed by atoms with van der Waals surface area (Å²) in [7, 11) is 0. The van der Waals surface area contributed by atoms with Crippen LogP contribution in [0.25, 0.3) is 0 Å². The standard InChI is InChI=1S/C12H21NS/c1-4-10-5-6-11(14-10)9-12(2,3)7-8-13/h5-6H,4,7-9,13H2,1-3H3. The summed E-state index contributed by atoms with van der Waals surface area (Å²) in [5, 5.41) is 0. The van der Waals surface area contributed by atoms with Crippen molar-refractivity contribution in [3.05, 3.63) is 21.9 Å². The van der Waals surface area contributed by atoms with Crippen molar-refractivity contribution < 1.29 is 0 Å². The van der Waals surface area contributed by atoms with Gasteiger partial charge in [0, 0.05) is 9.75 Å². The first kappa shape index (κ1) is 11.7. The molecule has 0 bridgehead atoms. The second kappa shape index (κ2) is 4.94. The molecule has 14 heavy (non-hydrogen) atoms. The molecule has 80 valence electrons. The number of hydrogen-bond donors (Lipinski definition) is 1. The normalized spacial score (nSPS) is 12.0. The second-order valence-electron chi connectivity index (χ2n) is 4.60. The number of nitrogens with two attached hydrogens (primary N) is 1. The molecule has 1 aromatic heterocycles. The first-order chi connectivity index (χ1) is 6.57. The lowest BCUT2D eigenvalue weighted by Gasteiger charge is -2.22. The van der Waals surface area contributed by atoms with E-state index in [-0.39, 0.29) is 0 Å². The third kappa shape index (κ3) is 3.43. The van der Waals surface area contributed by atoms with E-state index in [1.807, 2.05) is 11.3 Å². The van der Waals surface area contributed by atoms with Crippen LogP contribution >= 0.6 is 11.3 Å². The monoisotopic (exact) mass is 211 g/mol. The fraction of sp³-hybridized carbons (Fsp3) is 0.667. The van der Waals surface area contributed by atoms with Crippen LogP contribution in [0.5, 0.6) is 0 Å². The highest BCUT2D eigenvalue weighted by Gasteiger charge is 2.18. The number of rotatable bonds is 5. The van der Waals surface area contributed by atoms with Gasteiger partial charge in [0.1, 0.15) is 0 Å². The molecule has 0 aromatic carbocycles. The highest BCUT2D eigenvalue weighted by Crippen LogP contribution is 2.29. The van der Waals surface area contributed by atoms with E-state index in [9.17, 15) is 0 Å². The van der Waals surface area contributed by atoms with Crippen LogP contribution in [0.4, 0.5) is 0 Å². The van der Waals surface area contributed by atoms with Crippen LogP contribution in [0.2, 0.25) is 0 Å². The molecule has 0 unspecified atom stereocenters. The molecule has 0 radical (unpaired) electrons. The lowest BCUT2D eigenvalue weighted by molar-refractivity contribution is 0.341. The van der Waals surface area contributed by atoms with Crippen molar-refractivity contribution in [2.75, 3.05) is 6.54 Å². The SMILES string of the molecule is CCc1ccc(CC(C)(C)CCN)s1. The van der Waals surface area contributed by atoms with Gasteiger partial charge in [-0.15, -0.1) is 11.3 Å². The van der Waals surface area contributed by atoms with Crippen molar-refractivity contribution >= 4 is 11.3 Å². The molecule has 2 heteroatoms. The summed E-state index contributed by atoms with van der Waals surface area (Å²) in [5.41, 5.74) is 5.95. The fourth-order valence-corrected chi connectivity index (χ4v) is 2.87. The largest absolute Gasteiger partial charge is 0.330 e. The van der Waals surface area contributed by atoms with Crippen LogP contribution in [-0.2, 0) is 12.8 Å². The van der Waals surface area contributed by atoms with E-state index in [2.05, 4.69) is 32.9 Å². The zero-order valence-corrected chi connectivity index (χ0v) is 10.3. The zero-order chi connectivity index (χ0) is 10.6. The second-order valence-corrected chi connectivity index (χ2v) is 5.85. The van der Waals surface area contributed by atoms with Gasteiger partial charge in [0.2, 0.25) is 0 Å². The van der Waals surface area contributed by atoms with Gasteiger partial charge < -0.3 is 5.73 Å². The first-order valence-electron chi connectivity index (χ1n) is 5.35. The van der Waals surface area contributed by atoms with E-state index in [1.165, 1.54) is 9.75 Å². The van der Waals surface area contributed by atoms with Crippen LogP contribution in [0, 0.1) is 5.41 Å². The summed E-state index contributed by atoms with van der Waals surface area (Å²) in [6.45, 7) is 7.59. The van der Waals surface area contributed by atoms with E-state index in [1.54, 1.807) is 0 Å². The average Bonchev–Trinajstić information content (AvgIpc) is 2.51. The van der Waals surface area contributed by atoms with Gasteiger partial charge in [0.25, 0.3) is 0 Å². The fourth-order valence-electron chi connectivity index (χ4n) is 1.66. The third-order valence-corrected chi connectivity index (χ3v) is 3.77. The highest BCUT2D eigenvalue weighted by atomic mass is 32.1. The van der Waals surface area contributed by atoms with E-state index in [0.717, 1.165) is 25.8 Å². The molecule has 0 aliphatic rings. The molecule has 1 rings (SSSR count). The first-order valence-corrected chi connectivity index (χ1v) is 6.16. The maximum absolute atomic E-state index is 5.60. The Morgan fingerprint density at radius 1 is 1.29 bits per heavy atom. The van der Waals surface area contributed by atoms with Crippen LogP contribution < -0.4 is 5.73 Å². The maximum atomic E-state index is 5.60. The van der Waals surface area contributed by atoms with Gasteiger partial charge in [0.05, 0.1) is 0 Å². The van der Waals surface area contributed by atoms with Crippen molar-refractivity contribution in [3.63, 3.8) is 0 Å². The van der Waals surface area contributed by atoms with Gasteiger partial charge in [-0.25, -0.2) is 0 Å². The molecule has 1 heterocycles. The average molecular weight is 211 g/mol. The summed E-state index contributed by atoms with van der Waals surface area (Å²) < 4.78 is 0. The number of aryl methyl sites for hydroxylation is 1. The maximum Gasteiger partial charge on any atom is 0.00534 e. The summed E-state index contributed by atoms with van der Waals surface area (Å²) in [6, 6.07) is 4.51. The summed E-state index contributed by atoms with van der Waals surface area (Å²) in [6.07, 6.45) is 3.42. The Balaban J connectivity index is 2.58. The van der Waals surface area contributed by atoms with Gasteiger partial charge >= 0.3 is 0 Å². The predicted molar refractivity (Wildman–Crippen MR) is 64.9 cm³/mol. The van der Waals surface area contributed by atoms with Gasteiger partial charge in [-0.2, -0.15) is 0 Å². The Kier molecular flexibility index (Phi) is 4.14. The molecule has 0 atom stereocenters. The van der Waals surface area contributed by atoms with Crippen molar-refractivity contribution in [1.29, 1.82) is 0 Å². The van der Waals surface area contributed by atoms with E-state index >= 15 is 0 Å². The Labute approximate surface area is 91.3 Å². The van der Waals surface area contributed by atoms with Crippen LogP contribution in [-0.4, -0.2) is 6.54 Å². The molecule has 0 aliphatic carbocycles. The van der Waals surface area contributed by atoms with Crippen molar-refractivity contribution in [1.82, 2.24) is 0 Å². The van der Waals surface area contributed by atoms with Crippen LogP contribution in [0.15, 0.2) is 12.1 Å². The number of hydrogen-bond acceptors (Lipinski definition) is 2. The van der Waals surface area contributed by atoms with Gasteiger partial charge in [0.15, 0.2) is 0 Å². The minimum Gasteiger partial charge on any atom is -0.330 e. The third-order valence-electron chi connectivity index (χ3n) is 2.54. The predicted octanol–water partition coefficient (Wildman–Crippen LogP) is 3.23. The van der Waals surface area contributed by atoms with Crippen molar-refractivity contribution in [2.45, 2.75) is 40.0 Å². The van der Waals surface area contributed by atoms with E-state index in [0.29, 0.717) is 5.41 Å². The highest BCUT2D eigenvalue weighted by molar-refractivity contribution is 7.11. The van der Waals surface area contributed by atoms with Crippen LogP contribution in [0.1, 0.15) is 36.9 Å². The van der Waals surface area contributed by atoms with Crippen LogP contribution in [0.3, 0.4) is 0 Å². The molecule has 2 N–H and O–H groups in total. The molecule has 0 amide bonds.